The van der Waals surface area contributed by atoms with Gasteiger partial charge in [-0.3, -0.25) is 4.98 Å². The van der Waals surface area contributed by atoms with Gasteiger partial charge in [-0.25, -0.2) is 4.98 Å². The van der Waals surface area contributed by atoms with Crippen LogP contribution < -0.4 is 5.32 Å². The Morgan fingerprint density at radius 2 is 1.95 bits per heavy atom. The monoisotopic (exact) mass is 311 g/mol. The maximum Gasteiger partial charge on any atom is 0.188 e. The maximum absolute atomic E-state index is 6.00. The Labute approximate surface area is 130 Å². The predicted octanol–water partition coefficient (Wildman–Crippen LogP) is 5.24. The molecule has 0 radical (unpaired) electrons. The number of benzene rings is 2. The van der Waals surface area contributed by atoms with Crippen molar-refractivity contribution in [2.75, 3.05) is 5.32 Å². The van der Waals surface area contributed by atoms with Crippen molar-refractivity contribution in [1.29, 1.82) is 0 Å². The number of hydrogen-bond donors (Lipinski definition) is 1. The van der Waals surface area contributed by atoms with E-state index in [2.05, 4.69) is 15.3 Å². The minimum Gasteiger partial charge on any atom is -0.330 e. The van der Waals surface area contributed by atoms with E-state index < -0.39 is 0 Å². The standard InChI is InChI=1S/C16H10ClN3S/c17-11-6-7-14-13(9-11)20-16(21-14)19-12-5-1-3-10-4-2-8-18-15(10)12/h1-9H,(H,19,20). The number of anilines is 2. The van der Waals surface area contributed by atoms with Crippen LogP contribution in [0.5, 0.6) is 0 Å². The Balaban J connectivity index is 1.79. The lowest BCUT2D eigenvalue weighted by molar-refractivity contribution is 1.39. The Kier molecular flexibility index (Phi) is 2.98. The van der Waals surface area contributed by atoms with Gasteiger partial charge in [0.15, 0.2) is 5.13 Å². The van der Waals surface area contributed by atoms with Crippen molar-refractivity contribution >= 4 is 54.9 Å². The lowest BCUT2D eigenvalue weighted by Crippen LogP contribution is -1.91. The number of thiazole rings is 1. The zero-order chi connectivity index (χ0) is 14.2. The first-order chi connectivity index (χ1) is 10.3. The quantitative estimate of drug-likeness (QED) is 0.550. The summed E-state index contributed by atoms with van der Waals surface area (Å²) in [5.41, 5.74) is 2.80. The van der Waals surface area contributed by atoms with Crippen LogP contribution in [0.4, 0.5) is 10.8 Å². The molecular formula is C16H10ClN3S. The molecule has 1 N–H and O–H groups in total. The molecule has 2 aromatic heterocycles. The summed E-state index contributed by atoms with van der Waals surface area (Å²) in [6.45, 7) is 0. The van der Waals surface area contributed by atoms with Gasteiger partial charge in [-0.1, -0.05) is 41.1 Å². The molecule has 0 saturated heterocycles. The third kappa shape index (κ3) is 2.33. The van der Waals surface area contributed by atoms with E-state index in [1.165, 1.54) is 0 Å². The second-order valence-corrected chi connectivity index (χ2v) is 6.10. The third-order valence-electron chi connectivity index (χ3n) is 3.22. The van der Waals surface area contributed by atoms with Crippen molar-refractivity contribution in [2.45, 2.75) is 0 Å². The highest BCUT2D eigenvalue weighted by Crippen LogP contribution is 2.31. The molecule has 0 aliphatic carbocycles. The van der Waals surface area contributed by atoms with Crippen molar-refractivity contribution in [3.05, 3.63) is 59.8 Å². The summed E-state index contributed by atoms with van der Waals surface area (Å²) in [7, 11) is 0. The lowest BCUT2D eigenvalue weighted by Gasteiger charge is -2.05. The second-order valence-electron chi connectivity index (χ2n) is 4.64. The predicted molar refractivity (Wildman–Crippen MR) is 89.7 cm³/mol. The number of pyridine rings is 1. The Hall–Kier alpha value is -2.17. The van der Waals surface area contributed by atoms with E-state index in [-0.39, 0.29) is 0 Å². The molecule has 0 aliphatic rings. The number of aromatic nitrogens is 2. The largest absolute Gasteiger partial charge is 0.330 e. The van der Waals surface area contributed by atoms with Crippen molar-refractivity contribution in [3.63, 3.8) is 0 Å². The molecule has 2 aromatic carbocycles. The molecule has 0 spiro atoms. The first-order valence-electron chi connectivity index (χ1n) is 6.46. The molecule has 0 aliphatic heterocycles. The smallest absolute Gasteiger partial charge is 0.188 e. The molecule has 0 saturated carbocycles. The van der Waals surface area contributed by atoms with Crippen LogP contribution in [0.3, 0.4) is 0 Å². The normalized spacial score (nSPS) is 11.1. The molecule has 2 heterocycles. The number of para-hydroxylation sites is 1. The van der Waals surface area contributed by atoms with Gasteiger partial charge in [0.2, 0.25) is 0 Å². The van der Waals surface area contributed by atoms with E-state index in [4.69, 9.17) is 11.6 Å². The number of hydrogen-bond acceptors (Lipinski definition) is 4. The van der Waals surface area contributed by atoms with Crippen molar-refractivity contribution in [2.24, 2.45) is 0 Å². The molecule has 21 heavy (non-hydrogen) atoms. The van der Waals surface area contributed by atoms with Crippen LogP contribution in [0, 0.1) is 0 Å². The number of rotatable bonds is 2. The van der Waals surface area contributed by atoms with Crippen LogP contribution in [0.2, 0.25) is 5.02 Å². The fourth-order valence-electron chi connectivity index (χ4n) is 2.27. The molecule has 4 rings (SSSR count). The van der Waals surface area contributed by atoms with E-state index in [0.29, 0.717) is 5.02 Å². The highest BCUT2D eigenvalue weighted by molar-refractivity contribution is 7.22. The number of nitrogens with one attached hydrogen (secondary N) is 1. The molecule has 3 nitrogen and oxygen atoms in total. The average molecular weight is 312 g/mol. The SMILES string of the molecule is Clc1ccc2sc(Nc3cccc4cccnc34)nc2c1. The van der Waals surface area contributed by atoms with Crippen LogP contribution in [0.15, 0.2) is 54.7 Å². The first kappa shape index (κ1) is 12.6. The zero-order valence-electron chi connectivity index (χ0n) is 10.9. The lowest BCUT2D eigenvalue weighted by atomic mass is 10.2. The minimum absolute atomic E-state index is 0.700. The number of nitrogens with zero attached hydrogens (tertiary/aromatic N) is 2. The van der Waals surface area contributed by atoms with Gasteiger partial charge in [0.1, 0.15) is 0 Å². The highest BCUT2D eigenvalue weighted by Gasteiger charge is 2.07. The molecule has 0 amide bonds. The molecule has 0 bridgehead atoms. The van der Waals surface area contributed by atoms with Crippen LogP contribution in [0.1, 0.15) is 0 Å². The van der Waals surface area contributed by atoms with E-state index in [0.717, 1.165) is 31.9 Å². The Bertz CT molecular complexity index is 943. The van der Waals surface area contributed by atoms with Crippen LogP contribution in [0.25, 0.3) is 21.1 Å². The van der Waals surface area contributed by atoms with E-state index in [1.807, 2.05) is 48.5 Å². The average Bonchev–Trinajstić information content (AvgIpc) is 2.89. The van der Waals surface area contributed by atoms with Crippen molar-refractivity contribution in [3.8, 4) is 0 Å². The van der Waals surface area contributed by atoms with Gasteiger partial charge in [-0.05, 0) is 30.3 Å². The van der Waals surface area contributed by atoms with Crippen LogP contribution in [-0.4, -0.2) is 9.97 Å². The van der Waals surface area contributed by atoms with Gasteiger partial charge in [-0.15, -0.1) is 0 Å². The molecule has 4 aromatic rings. The summed E-state index contributed by atoms with van der Waals surface area (Å²) in [5.74, 6) is 0. The summed E-state index contributed by atoms with van der Waals surface area (Å²) in [5, 5.41) is 6.00. The van der Waals surface area contributed by atoms with Gasteiger partial charge in [0, 0.05) is 16.6 Å². The van der Waals surface area contributed by atoms with Crippen molar-refractivity contribution in [1.82, 2.24) is 9.97 Å². The van der Waals surface area contributed by atoms with Crippen LogP contribution in [-0.2, 0) is 0 Å². The van der Waals surface area contributed by atoms with Gasteiger partial charge in [-0.2, -0.15) is 0 Å². The van der Waals surface area contributed by atoms with Gasteiger partial charge in [0.05, 0.1) is 21.4 Å². The summed E-state index contributed by atoms with van der Waals surface area (Å²) in [6.07, 6.45) is 1.80. The Morgan fingerprint density at radius 3 is 2.90 bits per heavy atom. The zero-order valence-corrected chi connectivity index (χ0v) is 12.4. The van der Waals surface area contributed by atoms with E-state index >= 15 is 0 Å². The van der Waals surface area contributed by atoms with E-state index in [9.17, 15) is 0 Å². The minimum atomic E-state index is 0.700. The Morgan fingerprint density at radius 1 is 1.05 bits per heavy atom. The molecular weight excluding hydrogens is 302 g/mol. The molecule has 102 valence electrons. The summed E-state index contributed by atoms with van der Waals surface area (Å²) < 4.78 is 1.11. The van der Waals surface area contributed by atoms with E-state index in [1.54, 1.807) is 17.5 Å². The number of fused-ring (bicyclic) bond motifs is 2. The van der Waals surface area contributed by atoms with Gasteiger partial charge < -0.3 is 5.32 Å². The van der Waals surface area contributed by atoms with Crippen LogP contribution >= 0.6 is 22.9 Å². The third-order valence-corrected chi connectivity index (χ3v) is 4.41. The molecule has 0 fully saturated rings. The topological polar surface area (TPSA) is 37.8 Å². The first-order valence-corrected chi connectivity index (χ1v) is 7.66. The second kappa shape index (κ2) is 4.98. The summed E-state index contributed by atoms with van der Waals surface area (Å²) in [6, 6.07) is 15.8. The van der Waals surface area contributed by atoms with Gasteiger partial charge in [0.25, 0.3) is 0 Å². The number of halogens is 1. The molecule has 5 heteroatoms. The molecule has 0 atom stereocenters. The fourth-order valence-corrected chi connectivity index (χ4v) is 3.30. The fraction of sp³-hybridized carbons (Fsp3) is 0. The summed E-state index contributed by atoms with van der Waals surface area (Å²) in [4.78, 5) is 9.01. The summed E-state index contributed by atoms with van der Waals surface area (Å²) >= 11 is 7.60. The van der Waals surface area contributed by atoms with Gasteiger partial charge >= 0.3 is 0 Å². The molecule has 0 unspecified atom stereocenters. The highest BCUT2D eigenvalue weighted by atomic mass is 35.5. The van der Waals surface area contributed by atoms with Crippen molar-refractivity contribution < 1.29 is 0 Å². The maximum atomic E-state index is 6.00.